The van der Waals surface area contributed by atoms with Crippen LogP contribution in [0.2, 0.25) is 0 Å². The molecule has 0 aromatic carbocycles. The second-order valence-corrected chi connectivity index (χ2v) is 3.60. The van der Waals surface area contributed by atoms with Crippen LogP contribution < -0.4 is 5.73 Å². The van der Waals surface area contributed by atoms with Crippen LogP contribution in [0, 0.1) is 12.8 Å². The molecule has 2 heteroatoms. The highest BCUT2D eigenvalue weighted by Gasteiger charge is 2.00. The first kappa shape index (κ1) is 9.04. The second kappa shape index (κ2) is 3.57. The molecule has 0 aliphatic rings. The summed E-state index contributed by atoms with van der Waals surface area (Å²) in [6.07, 6.45) is 1.00. The van der Waals surface area contributed by atoms with Gasteiger partial charge in [0, 0.05) is 5.69 Å². The van der Waals surface area contributed by atoms with Crippen molar-refractivity contribution in [1.29, 1.82) is 0 Å². The van der Waals surface area contributed by atoms with E-state index in [9.17, 15) is 0 Å². The normalized spacial score (nSPS) is 10.7. The van der Waals surface area contributed by atoms with E-state index in [1.54, 1.807) is 0 Å². The third kappa shape index (κ3) is 2.22. The molecule has 0 bridgehead atoms. The van der Waals surface area contributed by atoms with Crippen molar-refractivity contribution in [3.05, 3.63) is 23.4 Å². The Balaban J connectivity index is 2.82. The fourth-order valence-corrected chi connectivity index (χ4v) is 1.12. The molecule has 0 aliphatic carbocycles. The van der Waals surface area contributed by atoms with E-state index in [1.165, 1.54) is 0 Å². The smallest absolute Gasteiger partial charge is 0.126 e. The lowest BCUT2D eigenvalue weighted by atomic mass is 10.1. The summed E-state index contributed by atoms with van der Waals surface area (Å²) in [5.41, 5.74) is 7.83. The van der Waals surface area contributed by atoms with Crippen molar-refractivity contribution in [2.24, 2.45) is 5.92 Å². The van der Waals surface area contributed by atoms with Gasteiger partial charge >= 0.3 is 0 Å². The van der Waals surface area contributed by atoms with Crippen LogP contribution in [0.5, 0.6) is 0 Å². The highest BCUT2D eigenvalue weighted by molar-refractivity contribution is 5.38. The van der Waals surface area contributed by atoms with Gasteiger partial charge in [0.1, 0.15) is 5.82 Å². The van der Waals surface area contributed by atoms with Crippen molar-refractivity contribution in [2.45, 2.75) is 27.2 Å². The third-order valence-electron chi connectivity index (χ3n) is 1.81. The molecule has 0 saturated carbocycles. The molecule has 0 atom stereocenters. The number of nitrogen functional groups attached to an aromatic ring is 1. The summed E-state index contributed by atoms with van der Waals surface area (Å²) in [4.78, 5) is 4.29. The van der Waals surface area contributed by atoms with Crippen molar-refractivity contribution < 1.29 is 0 Å². The summed E-state index contributed by atoms with van der Waals surface area (Å²) in [5.74, 6) is 1.30. The summed E-state index contributed by atoms with van der Waals surface area (Å²) in [6.45, 7) is 6.33. The number of aryl methyl sites for hydroxylation is 1. The van der Waals surface area contributed by atoms with Gasteiger partial charge in [-0.05, 0) is 30.9 Å². The van der Waals surface area contributed by atoms with Gasteiger partial charge in [0.25, 0.3) is 0 Å². The highest BCUT2D eigenvalue weighted by Crippen LogP contribution is 2.11. The standard InChI is InChI=1S/C10H16N2/c1-7(2)6-9-5-4-8(3)10(11)12-9/h4-5,7H,6H2,1-3H3,(H2,11,12). The van der Waals surface area contributed by atoms with Crippen LogP contribution in [0.4, 0.5) is 5.82 Å². The number of hydrogen-bond donors (Lipinski definition) is 1. The molecule has 0 spiro atoms. The Hall–Kier alpha value is -1.05. The Kier molecular flexibility index (Phi) is 2.69. The molecular weight excluding hydrogens is 148 g/mol. The Morgan fingerprint density at radius 2 is 2.08 bits per heavy atom. The molecular formula is C10H16N2. The minimum atomic E-state index is 0.639. The number of hydrogen-bond acceptors (Lipinski definition) is 2. The lowest BCUT2D eigenvalue weighted by Crippen LogP contribution is -2.01. The van der Waals surface area contributed by atoms with Crippen LogP contribution in [0.1, 0.15) is 25.1 Å². The predicted molar refractivity (Wildman–Crippen MR) is 51.9 cm³/mol. The lowest BCUT2D eigenvalue weighted by molar-refractivity contribution is 0.636. The molecule has 1 rings (SSSR count). The Morgan fingerprint density at radius 3 is 2.58 bits per heavy atom. The fourth-order valence-electron chi connectivity index (χ4n) is 1.12. The number of anilines is 1. The lowest BCUT2D eigenvalue weighted by Gasteiger charge is -2.05. The van der Waals surface area contributed by atoms with E-state index in [0.29, 0.717) is 11.7 Å². The van der Waals surface area contributed by atoms with Crippen LogP contribution >= 0.6 is 0 Å². The summed E-state index contributed by atoms with van der Waals surface area (Å²) >= 11 is 0. The van der Waals surface area contributed by atoms with Gasteiger partial charge in [-0.3, -0.25) is 0 Å². The minimum Gasteiger partial charge on any atom is -0.383 e. The molecule has 0 fully saturated rings. The van der Waals surface area contributed by atoms with Crippen LogP contribution in [-0.4, -0.2) is 4.98 Å². The molecule has 2 nitrogen and oxygen atoms in total. The van der Waals surface area contributed by atoms with E-state index in [-0.39, 0.29) is 0 Å². The second-order valence-electron chi connectivity index (χ2n) is 3.60. The Bertz CT molecular complexity index is 267. The average molecular weight is 164 g/mol. The molecule has 1 heterocycles. The maximum absolute atomic E-state index is 5.69. The fraction of sp³-hybridized carbons (Fsp3) is 0.500. The van der Waals surface area contributed by atoms with E-state index in [0.717, 1.165) is 17.7 Å². The largest absolute Gasteiger partial charge is 0.383 e. The summed E-state index contributed by atoms with van der Waals surface area (Å²) in [5, 5.41) is 0. The van der Waals surface area contributed by atoms with Crippen LogP contribution in [0.15, 0.2) is 12.1 Å². The van der Waals surface area contributed by atoms with Gasteiger partial charge in [-0.2, -0.15) is 0 Å². The van der Waals surface area contributed by atoms with E-state index < -0.39 is 0 Å². The van der Waals surface area contributed by atoms with E-state index in [1.807, 2.05) is 19.1 Å². The van der Waals surface area contributed by atoms with E-state index >= 15 is 0 Å². The molecule has 0 radical (unpaired) electrons. The minimum absolute atomic E-state index is 0.639. The summed E-state index contributed by atoms with van der Waals surface area (Å²) in [6, 6.07) is 4.08. The first-order chi connectivity index (χ1) is 5.59. The van der Waals surface area contributed by atoms with Gasteiger partial charge in [0.15, 0.2) is 0 Å². The van der Waals surface area contributed by atoms with Gasteiger partial charge in [-0.25, -0.2) is 4.98 Å². The zero-order chi connectivity index (χ0) is 9.14. The van der Waals surface area contributed by atoms with E-state index in [4.69, 9.17) is 5.73 Å². The first-order valence-electron chi connectivity index (χ1n) is 4.31. The van der Waals surface area contributed by atoms with Crippen molar-refractivity contribution >= 4 is 5.82 Å². The SMILES string of the molecule is Cc1ccc(CC(C)C)nc1N. The number of aromatic nitrogens is 1. The molecule has 1 aromatic rings. The van der Waals surface area contributed by atoms with E-state index in [2.05, 4.69) is 18.8 Å². The van der Waals surface area contributed by atoms with Gasteiger partial charge in [-0.1, -0.05) is 19.9 Å². The maximum atomic E-state index is 5.69. The van der Waals surface area contributed by atoms with Crippen LogP contribution in [-0.2, 0) is 6.42 Å². The van der Waals surface area contributed by atoms with Crippen molar-refractivity contribution in [3.63, 3.8) is 0 Å². The number of nitrogens with two attached hydrogens (primary N) is 1. The Labute approximate surface area is 73.8 Å². The molecule has 12 heavy (non-hydrogen) atoms. The zero-order valence-electron chi connectivity index (χ0n) is 7.96. The number of rotatable bonds is 2. The number of pyridine rings is 1. The quantitative estimate of drug-likeness (QED) is 0.727. The molecule has 2 N–H and O–H groups in total. The molecule has 0 saturated heterocycles. The molecule has 1 aromatic heterocycles. The summed E-state index contributed by atoms with van der Waals surface area (Å²) < 4.78 is 0. The van der Waals surface area contributed by atoms with Gasteiger partial charge in [-0.15, -0.1) is 0 Å². The third-order valence-corrected chi connectivity index (χ3v) is 1.81. The van der Waals surface area contributed by atoms with Crippen LogP contribution in [0.3, 0.4) is 0 Å². The molecule has 0 amide bonds. The van der Waals surface area contributed by atoms with Crippen molar-refractivity contribution in [1.82, 2.24) is 4.98 Å². The van der Waals surface area contributed by atoms with Crippen molar-refractivity contribution in [2.75, 3.05) is 5.73 Å². The maximum Gasteiger partial charge on any atom is 0.126 e. The Morgan fingerprint density at radius 1 is 1.42 bits per heavy atom. The molecule has 0 aliphatic heterocycles. The van der Waals surface area contributed by atoms with Crippen molar-refractivity contribution in [3.8, 4) is 0 Å². The van der Waals surface area contributed by atoms with Gasteiger partial charge in [0.05, 0.1) is 0 Å². The average Bonchev–Trinajstić information content (AvgIpc) is 1.96. The van der Waals surface area contributed by atoms with Crippen LogP contribution in [0.25, 0.3) is 0 Å². The summed E-state index contributed by atoms with van der Waals surface area (Å²) in [7, 11) is 0. The van der Waals surface area contributed by atoms with Gasteiger partial charge in [0.2, 0.25) is 0 Å². The molecule has 66 valence electrons. The highest BCUT2D eigenvalue weighted by atomic mass is 14.8. The predicted octanol–water partition coefficient (Wildman–Crippen LogP) is 2.17. The monoisotopic (exact) mass is 164 g/mol. The topological polar surface area (TPSA) is 38.9 Å². The zero-order valence-corrected chi connectivity index (χ0v) is 7.96. The molecule has 0 unspecified atom stereocenters. The first-order valence-corrected chi connectivity index (χ1v) is 4.31. The number of nitrogens with zero attached hydrogens (tertiary/aromatic N) is 1. The van der Waals surface area contributed by atoms with Gasteiger partial charge < -0.3 is 5.73 Å².